The molecule has 2 aromatic carbocycles. The molecule has 0 fully saturated rings. The van der Waals surface area contributed by atoms with Crippen molar-refractivity contribution in [1.82, 2.24) is 20.2 Å². The number of thioether (sulfide) groups is 1. The van der Waals surface area contributed by atoms with E-state index < -0.39 is 5.97 Å². The molecular formula is C20H21N5O5S. The van der Waals surface area contributed by atoms with Gasteiger partial charge in [-0.1, -0.05) is 17.8 Å². The molecule has 1 aromatic heterocycles. The maximum absolute atomic E-state index is 12.4. The van der Waals surface area contributed by atoms with Crippen LogP contribution in [-0.2, 0) is 9.53 Å². The van der Waals surface area contributed by atoms with Gasteiger partial charge in [-0.3, -0.25) is 4.79 Å². The molecule has 3 aromatic rings. The number of aromatic nitrogens is 4. The van der Waals surface area contributed by atoms with Crippen LogP contribution in [0.2, 0.25) is 0 Å². The fourth-order valence-electron chi connectivity index (χ4n) is 2.65. The van der Waals surface area contributed by atoms with Crippen molar-refractivity contribution in [2.45, 2.75) is 12.1 Å². The summed E-state index contributed by atoms with van der Waals surface area (Å²) >= 11 is 1.15. The molecule has 0 radical (unpaired) electrons. The number of carbonyl (C=O) groups excluding carboxylic acids is 2. The van der Waals surface area contributed by atoms with Crippen LogP contribution >= 0.6 is 11.8 Å². The molecule has 0 unspecified atom stereocenters. The number of tetrazole rings is 1. The van der Waals surface area contributed by atoms with Gasteiger partial charge in [0.1, 0.15) is 17.2 Å². The van der Waals surface area contributed by atoms with E-state index >= 15 is 0 Å². The molecule has 1 amide bonds. The molecule has 10 nitrogen and oxygen atoms in total. The minimum atomic E-state index is -0.445. The van der Waals surface area contributed by atoms with Crippen molar-refractivity contribution in [2.24, 2.45) is 0 Å². The second-order valence-corrected chi connectivity index (χ2v) is 6.99. The highest BCUT2D eigenvalue weighted by atomic mass is 32.2. The van der Waals surface area contributed by atoms with E-state index in [0.29, 0.717) is 33.6 Å². The molecule has 0 atom stereocenters. The third kappa shape index (κ3) is 5.51. The number of benzene rings is 2. The van der Waals surface area contributed by atoms with Gasteiger partial charge in [0, 0.05) is 11.8 Å². The summed E-state index contributed by atoms with van der Waals surface area (Å²) in [5, 5.41) is 14.8. The van der Waals surface area contributed by atoms with E-state index in [1.54, 1.807) is 63.6 Å². The van der Waals surface area contributed by atoms with Gasteiger partial charge in [-0.05, 0) is 47.7 Å². The highest BCUT2D eigenvalue weighted by Gasteiger charge is 2.16. The van der Waals surface area contributed by atoms with Gasteiger partial charge >= 0.3 is 5.97 Å². The van der Waals surface area contributed by atoms with Crippen molar-refractivity contribution in [1.29, 1.82) is 0 Å². The highest BCUT2D eigenvalue weighted by Crippen LogP contribution is 2.29. The van der Waals surface area contributed by atoms with Crippen LogP contribution < -0.4 is 14.8 Å². The second kappa shape index (κ2) is 10.4. The van der Waals surface area contributed by atoms with Gasteiger partial charge in [0.05, 0.1) is 32.1 Å². The Kier molecular flexibility index (Phi) is 7.44. The minimum absolute atomic E-state index is 0.0519. The molecule has 0 aliphatic heterocycles. The van der Waals surface area contributed by atoms with Gasteiger partial charge in [-0.2, -0.15) is 4.68 Å². The summed E-state index contributed by atoms with van der Waals surface area (Å²) in [7, 11) is 3.10. The molecule has 0 aliphatic carbocycles. The molecule has 1 N–H and O–H groups in total. The Bertz CT molecular complexity index is 1070. The molecule has 31 heavy (non-hydrogen) atoms. The van der Waals surface area contributed by atoms with Crippen LogP contribution in [0.25, 0.3) is 5.69 Å². The molecule has 162 valence electrons. The number of nitrogens with zero attached hydrogens (tertiary/aromatic N) is 4. The first-order chi connectivity index (χ1) is 15.0. The fourth-order valence-corrected chi connectivity index (χ4v) is 3.33. The lowest BCUT2D eigenvalue weighted by molar-refractivity contribution is -0.113. The van der Waals surface area contributed by atoms with E-state index in [1.165, 1.54) is 4.68 Å². The molecule has 0 saturated carbocycles. The lowest BCUT2D eigenvalue weighted by Gasteiger charge is -2.11. The first-order valence-corrected chi connectivity index (χ1v) is 10.2. The van der Waals surface area contributed by atoms with E-state index in [9.17, 15) is 9.59 Å². The van der Waals surface area contributed by atoms with Crippen LogP contribution in [0.5, 0.6) is 11.5 Å². The fraction of sp³-hybridized carbons (Fsp3) is 0.250. The zero-order valence-corrected chi connectivity index (χ0v) is 18.0. The number of rotatable bonds is 9. The number of methoxy groups -OCH3 is 2. The Morgan fingerprint density at radius 1 is 1.13 bits per heavy atom. The smallest absolute Gasteiger partial charge is 0.338 e. The topological polar surface area (TPSA) is 117 Å². The van der Waals surface area contributed by atoms with E-state index in [-0.39, 0.29) is 18.3 Å². The first kappa shape index (κ1) is 22.1. The van der Waals surface area contributed by atoms with E-state index in [1.807, 2.05) is 0 Å². The third-order valence-corrected chi connectivity index (χ3v) is 4.96. The molecule has 0 spiro atoms. The standard InChI is InChI=1S/C20H21N5O5S/c1-4-30-19(27)13-6-5-7-14(10-13)21-18(26)12-31-20-22-23-24-25(20)16-11-15(28-2)8-9-17(16)29-3/h5-11H,4,12H2,1-3H3,(H,21,26). The molecule has 0 bridgehead atoms. The lowest BCUT2D eigenvalue weighted by atomic mass is 10.2. The number of hydrogen-bond donors (Lipinski definition) is 1. The van der Waals surface area contributed by atoms with Crippen LogP contribution in [0.3, 0.4) is 0 Å². The Morgan fingerprint density at radius 3 is 2.71 bits per heavy atom. The zero-order valence-electron chi connectivity index (χ0n) is 17.2. The predicted molar refractivity (Wildman–Crippen MR) is 114 cm³/mol. The average Bonchev–Trinajstić information content (AvgIpc) is 3.26. The molecular weight excluding hydrogens is 422 g/mol. The summed E-state index contributed by atoms with van der Waals surface area (Å²) in [5.74, 6) is 0.491. The maximum atomic E-state index is 12.4. The van der Waals surface area contributed by atoms with Crippen molar-refractivity contribution < 1.29 is 23.8 Å². The van der Waals surface area contributed by atoms with Crippen molar-refractivity contribution in [2.75, 3.05) is 31.9 Å². The van der Waals surface area contributed by atoms with Crippen LogP contribution in [0.15, 0.2) is 47.6 Å². The zero-order chi connectivity index (χ0) is 22.2. The van der Waals surface area contributed by atoms with Crippen LogP contribution in [0, 0.1) is 0 Å². The van der Waals surface area contributed by atoms with Gasteiger partial charge in [0.15, 0.2) is 0 Å². The quantitative estimate of drug-likeness (QED) is 0.393. The number of anilines is 1. The number of hydrogen-bond acceptors (Lipinski definition) is 9. The molecule has 0 saturated heterocycles. The third-order valence-electron chi connectivity index (χ3n) is 4.04. The van der Waals surface area contributed by atoms with Crippen molar-refractivity contribution >= 4 is 29.3 Å². The molecule has 3 rings (SSSR count). The average molecular weight is 443 g/mol. The minimum Gasteiger partial charge on any atom is -0.497 e. The van der Waals surface area contributed by atoms with Crippen LogP contribution in [-0.4, -0.2) is 58.7 Å². The predicted octanol–water partition coefficient (Wildman–Crippen LogP) is 2.59. The Morgan fingerprint density at radius 2 is 1.97 bits per heavy atom. The van der Waals surface area contributed by atoms with Crippen LogP contribution in [0.4, 0.5) is 5.69 Å². The van der Waals surface area contributed by atoms with Crippen molar-refractivity contribution in [3.05, 3.63) is 48.0 Å². The SMILES string of the molecule is CCOC(=O)c1cccc(NC(=O)CSc2nnnn2-c2cc(OC)ccc2OC)c1. The number of esters is 1. The number of ether oxygens (including phenoxy) is 3. The Hall–Kier alpha value is -3.60. The summed E-state index contributed by atoms with van der Waals surface area (Å²) in [4.78, 5) is 24.3. The second-order valence-electron chi connectivity index (χ2n) is 6.05. The van der Waals surface area contributed by atoms with Gasteiger partial charge in [-0.25, -0.2) is 4.79 Å². The maximum Gasteiger partial charge on any atom is 0.338 e. The lowest BCUT2D eigenvalue weighted by Crippen LogP contribution is -2.15. The molecule has 11 heteroatoms. The van der Waals surface area contributed by atoms with Crippen molar-refractivity contribution in [3.8, 4) is 17.2 Å². The van der Waals surface area contributed by atoms with Gasteiger partial charge in [0.2, 0.25) is 11.1 Å². The molecule has 1 heterocycles. The van der Waals surface area contributed by atoms with E-state index in [2.05, 4.69) is 20.8 Å². The number of amides is 1. The number of carbonyl (C=O) groups is 2. The van der Waals surface area contributed by atoms with Crippen molar-refractivity contribution in [3.63, 3.8) is 0 Å². The van der Waals surface area contributed by atoms with E-state index in [0.717, 1.165) is 11.8 Å². The summed E-state index contributed by atoms with van der Waals surface area (Å²) in [5.41, 5.74) is 1.43. The van der Waals surface area contributed by atoms with Crippen LogP contribution in [0.1, 0.15) is 17.3 Å². The molecule has 0 aliphatic rings. The largest absolute Gasteiger partial charge is 0.497 e. The summed E-state index contributed by atoms with van der Waals surface area (Å²) in [6.45, 7) is 2.01. The normalized spacial score (nSPS) is 10.4. The first-order valence-electron chi connectivity index (χ1n) is 9.26. The van der Waals surface area contributed by atoms with Gasteiger partial charge in [0.25, 0.3) is 0 Å². The summed E-state index contributed by atoms with van der Waals surface area (Å²) < 4.78 is 17.1. The summed E-state index contributed by atoms with van der Waals surface area (Å²) in [6.07, 6.45) is 0. The number of nitrogens with one attached hydrogen (secondary N) is 1. The highest BCUT2D eigenvalue weighted by molar-refractivity contribution is 7.99. The summed E-state index contributed by atoms with van der Waals surface area (Å²) in [6, 6.07) is 11.8. The van der Waals surface area contributed by atoms with Gasteiger partial charge in [-0.15, -0.1) is 5.10 Å². The van der Waals surface area contributed by atoms with Gasteiger partial charge < -0.3 is 19.5 Å². The Labute approximate surface area is 182 Å². The Balaban J connectivity index is 1.69. The van der Waals surface area contributed by atoms with E-state index in [4.69, 9.17) is 14.2 Å². The monoisotopic (exact) mass is 443 g/mol.